The number of phosphoric acid groups is 1. The summed E-state index contributed by atoms with van der Waals surface area (Å²) in [6.45, 7) is 3.04. The number of hydrogen-bond acceptors (Lipinski definition) is 13. The van der Waals surface area contributed by atoms with E-state index < -0.39 is 81.8 Å². The highest BCUT2D eigenvalue weighted by molar-refractivity contribution is 7.47. The molecule has 0 saturated heterocycles. The van der Waals surface area contributed by atoms with Crippen LogP contribution >= 0.6 is 7.82 Å². The maximum atomic E-state index is 12.8. The predicted molar refractivity (Wildman–Crippen MR) is 250 cm³/mol. The quantitative estimate of drug-likeness (QED) is 0.0101. The highest BCUT2D eigenvalue weighted by atomic mass is 31.2. The lowest BCUT2D eigenvalue weighted by atomic mass is 9.85. The summed E-state index contributed by atoms with van der Waals surface area (Å²) < 4.78 is 33.4. The number of hydrogen-bond donors (Lipinski definition) is 7. The Hall–Kier alpha value is -2.75. The van der Waals surface area contributed by atoms with E-state index in [0.29, 0.717) is 12.8 Å². The molecular weight excluding hydrogens is 843 g/mol. The van der Waals surface area contributed by atoms with Crippen molar-refractivity contribution < 1.29 is 68.2 Å². The number of ether oxygens (including phenoxy) is 2. The van der Waals surface area contributed by atoms with E-state index in [1.807, 2.05) is 12.2 Å². The minimum Gasteiger partial charge on any atom is -0.462 e. The van der Waals surface area contributed by atoms with Crippen LogP contribution in [0.25, 0.3) is 0 Å². The second-order valence-corrected chi connectivity index (χ2v) is 17.8. The van der Waals surface area contributed by atoms with E-state index in [0.717, 1.165) is 51.4 Å². The molecule has 0 aliphatic heterocycles. The van der Waals surface area contributed by atoms with Gasteiger partial charge in [-0.05, 0) is 44.9 Å². The van der Waals surface area contributed by atoms with Crippen LogP contribution in [-0.4, -0.2) is 110 Å². The fourth-order valence-electron chi connectivity index (χ4n) is 6.81. The SMILES string of the molecule is CC/C=C\C/C=C\C/C=C\C/C=C\C=C/C(O)C/C=C\CCC(=O)O[C@H](COC(=O)CCCCCCCCCCCCCCCCC)COP(=O)(O)OC1[C@H](O)[C@H](O)C(O)[C@H](O)[C@H]1O. The van der Waals surface area contributed by atoms with Gasteiger partial charge in [-0.2, -0.15) is 0 Å². The molecule has 15 heteroatoms. The van der Waals surface area contributed by atoms with Gasteiger partial charge in [0, 0.05) is 12.8 Å². The number of aliphatic hydroxyl groups excluding tert-OH is 6. The normalized spacial score (nSPS) is 22.7. The number of phosphoric ester groups is 1. The lowest BCUT2D eigenvalue weighted by molar-refractivity contribution is -0.220. The molecule has 64 heavy (non-hydrogen) atoms. The van der Waals surface area contributed by atoms with Crippen molar-refractivity contribution >= 4 is 19.8 Å². The fourth-order valence-corrected chi connectivity index (χ4v) is 7.78. The molecule has 1 aliphatic rings. The van der Waals surface area contributed by atoms with Gasteiger partial charge in [0.1, 0.15) is 43.2 Å². The molecule has 1 fully saturated rings. The monoisotopic (exact) mass is 927 g/mol. The van der Waals surface area contributed by atoms with Crippen LogP contribution in [0.1, 0.15) is 162 Å². The van der Waals surface area contributed by atoms with Gasteiger partial charge < -0.3 is 45.0 Å². The first kappa shape index (κ1) is 59.3. The second-order valence-electron chi connectivity index (χ2n) is 16.4. The van der Waals surface area contributed by atoms with E-state index in [2.05, 4.69) is 50.3 Å². The van der Waals surface area contributed by atoms with Gasteiger partial charge in [-0.3, -0.25) is 18.6 Å². The summed E-state index contributed by atoms with van der Waals surface area (Å²) in [7, 11) is -5.17. The predicted octanol–water partition coefficient (Wildman–Crippen LogP) is 8.47. The molecular formula is C49H83O14P. The van der Waals surface area contributed by atoms with Gasteiger partial charge in [0.2, 0.25) is 0 Å². The minimum absolute atomic E-state index is 0.111. The van der Waals surface area contributed by atoms with E-state index in [1.54, 1.807) is 24.3 Å². The lowest BCUT2D eigenvalue weighted by Crippen LogP contribution is -2.64. The summed E-state index contributed by atoms with van der Waals surface area (Å²) in [5.74, 6) is -1.28. The van der Waals surface area contributed by atoms with Crippen molar-refractivity contribution in [2.45, 2.75) is 210 Å². The number of allylic oxidation sites excluding steroid dienone is 10. The topological polar surface area (TPSA) is 230 Å². The van der Waals surface area contributed by atoms with Crippen molar-refractivity contribution in [1.82, 2.24) is 0 Å². The molecule has 4 unspecified atom stereocenters. The number of rotatable bonds is 38. The summed E-state index contributed by atoms with van der Waals surface area (Å²) in [5.41, 5.74) is 0. The molecule has 0 amide bonds. The molecule has 0 spiro atoms. The molecule has 0 bridgehead atoms. The molecule has 0 heterocycles. The summed E-state index contributed by atoms with van der Waals surface area (Å²) in [6.07, 6.45) is 31.2. The van der Waals surface area contributed by atoms with E-state index in [-0.39, 0.29) is 19.3 Å². The number of aliphatic hydroxyl groups is 6. The van der Waals surface area contributed by atoms with Crippen LogP contribution in [0.2, 0.25) is 0 Å². The Morgan fingerprint density at radius 2 is 1.08 bits per heavy atom. The Bertz CT molecular complexity index is 1410. The van der Waals surface area contributed by atoms with Crippen molar-refractivity contribution in [2.75, 3.05) is 13.2 Å². The first-order chi connectivity index (χ1) is 30.8. The van der Waals surface area contributed by atoms with E-state index in [4.69, 9.17) is 18.5 Å². The summed E-state index contributed by atoms with van der Waals surface area (Å²) in [6, 6.07) is 0. The van der Waals surface area contributed by atoms with Gasteiger partial charge in [-0.25, -0.2) is 4.57 Å². The molecule has 14 nitrogen and oxygen atoms in total. The zero-order valence-corrected chi connectivity index (χ0v) is 39.6. The van der Waals surface area contributed by atoms with Gasteiger partial charge in [0.25, 0.3) is 0 Å². The van der Waals surface area contributed by atoms with Crippen molar-refractivity contribution in [3.63, 3.8) is 0 Å². The molecule has 0 aromatic rings. The van der Waals surface area contributed by atoms with E-state index in [9.17, 15) is 49.7 Å². The van der Waals surface area contributed by atoms with E-state index in [1.165, 1.54) is 64.2 Å². The van der Waals surface area contributed by atoms with Crippen LogP contribution in [-0.2, 0) is 32.7 Å². The molecule has 1 rings (SSSR count). The van der Waals surface area contributed by atoms with Crippen LogP contribution in [0.3, 0.4) is 0 Å². The first-order valence-electron chi connectivity index (χ1n) is 23.8. The average molecular weight is 927 g/mol. The smallest absolute Gasteiger partial charge is 0.462 e. The van der Waals surface area contributed by atoms with Crippen LogP contribution < -0.4 is 0 Å². The van der Waals surface area contributed by atoms with Gasteiger partial charge in [0.05, 0.1) is 12.7 Å². The minimum atomic E-state index is -5.17. The number of esters is 2. The Balaban J connectivity index is 2.55. The summed E-state index contributed by atoms with van der Waals surface area (Å²) in [5, 5.41) is 60.4. The summed E-state index contributed by atoms with van der Waals surface area (Å²) in [4.78, 5) is 35.7. The van der Waals surface area contributed by atoms with Crippen molar-refractivity contribution in [3.8, 4) is 0 Å². The van der Waals surface area contributed by atoms with Gasteiger partial charge in [0.15, 0.2) is 6.10 Å². The molecule has 0 aromatic carbocycles. The van der Waals surface area contributed by atoms with Crippen LogP contribution in [0.4, 0.5) is 0 Å². The lowest BCUT2D eigenvalue weighted by Gasteiger charge is -2.41. The molecule has 1 aliphatic carbocycles. The molecule has 368 valence electrons. The standard InChI is InChI=1S/C49H83O14P/c1-3-5-7-9-11-13-15-17-18-20-22-24-26-28-32-36-42(51)60-38-41(39-61-64(58,59)63-49-47(56)45(54)44(53)46(55)48(49)57)62-43(52)37-33-29-31-35-40(50)34-30-27-25-23-21-19-16-14-12-10-8-6-4-2/h6,8,12,14,19,21,25,27,29-31,34,40-41,44-50,53-57H,3-5,7,9-11,13,15-18,20,22-24,26,28,32-33,35-39H2,1-2H3,(H,58,59)/b8-6-,14-12-,21-19-,27-25-,31-29-,34-30-/t40?,41-,44?,45-,46+,47-,48-,49?/m1/s1. The van der Waals surface area contributed by atoms with Crippen LogP contribution in [0.15, 0.2) is 72.9 Å². The molecule has 7 N–H and O–H groups in total. The zero-order valence-electron chi connectivity index (χ0n) is 38.7. The number of unbranched alkanes of at least 4 members (excludes halogenated alkanes) is 14. The number of carbonyl (C=O) groups excluding carboxylic acids is 2. The molecule has 9 atom stereocenters. The van der Waals surface area contributed by atoms with Gasteiger partial charge in [-0.1, -0.05) is 177 Å². The van der Waals surface area contributed by atoms with Gasteiger partial charge in [-0.15, -0.1) is 0 Å². The number of carbonyl (C=O) groups is 2. The van der Waals surface area contributed by atoms with Crippen LogP contribution in [0, 0.1) is 0 Å². The Morgan fingerprint density at radius 3 is 1.62 bits per heavy atom. The highest BCUT2D eigenvalue weighted by Crippen LogP contribution is 2.47. The Kier molecular flexibility index (Phi) is 35.5. The maximum absolute atomic E-state index is 12.8. The fraction of sp³-hybridized carbons (Fsp3) is 0.714. The Morgan fingerprint density at radius 1 is 0.578 bits per heavy atom. The molecule has 0 radical (unpaired) electrons. The Labute approximate surface area is 383 Å². The maximum Gasteiger partial charge on any atom is 0.472 e. The zero-order chi connectivity index (χ0) is 47.3. The average Bonchev–Trinajstić information content (AvgIpc) is 3.27. The van der Waals surface area contributed by atoms with Crippen LogP contribution in [0.5, 0.6) is 0 Å². The molecule has 0 aromatic heterocycles. The summed E-state index contributed by atoms with van der Waals surface area (Å²) >= 11 is 0. The third-order valence-corrected chi connectivity index (χ3v) is 11.6. The largest absolute Gasteiger partial charge is 0.472 e. The van der Waals surface area contributed by atoms with E-state index >= 15 is 0 Å². The van der Waals surface area contributed by atoms with Crippen molar-refractivity contribution in [1.29, 1.82) is 0 Å². The molecule has 1 saturated carbocycles. The second kappa shape index (κ2) is 38.4. The van der Waals surface area contributed by atoms with Gasteiger partial charge >= 0.3 is 19.8 Å². The van der Waals surface area contributed by atoms with Crippen molar-refractivity contribution in [3.05, 3.63) is 72.9 Å². The third kappa shape index (κ3) is 30.5. The first-order valence-corrected chi connectivity index (χ1v) is 25.3. The van der Waals surface area contributed by atoms with Crippen molar-refractivity contribution in [2.24, 2.45) is 0 Å². The third-order valence-electron chi connectivity index (χ3n) is 10.7. The highest BCUT2D eigenvalue weighted by Gasteiger charge is 2.51.